The molecule has 2 N–H and O–H groups in total. The van der Waals surface area contributed by atoms with Gasteiger partial charge in [-0.2, -0.15) is 0 Å². The molecule has 0 unspecified atom stereocenters. The summed E-state index contributed by atoms with van der Waals surface area (Å²) in [6.45, 7) is 1.67. The number of aromatic amines is 1. The largest absolute Gasteiger partial charge is 0.480 e. The molecular formula is C19H16N4O3. The molecule has 0 saturated heterocycles. The highest BCUT2D eigenvalue weighted by molar-refractivity contribution is 5.88. The second kappa shape index (κ2) is 6.11. The summed E-state index contributed by atoms with van der Waals surface area (Å²) in [7, 11) is 0. The third-order valence-corrected chi connectivity index (χ3v) is 4.46. The van der Waals surface area contributed by atoms with E-state index in [1.165, 1.54) is 11.9 Å². The Balaban J connectivity index is 1.87. The zero-order chi connectivity index (χ0) is 18.3. The van der Waals surface area contributed by atoms with Crippen LogP contribution in [0.2, 0.25) is 0 Å². The van der Waals surface area contributed by atoms with Gasteiger partial charge in [0.1, 0.15) is 12.2 Å². The minimum Gasteiger partial charge on any atom is -0.480 e. The first-order chi connectivity index (χ1) is 12.6. The number of hydrogen-bond acceptors (Lipinski definition) is 4. The lowest BCUT2D eigenvalue weighted by atomic mass is 10.0. The van der Waals surface area contributed by atoms with Crippen molar-refractivity contribution in [2.45, 2.75) is 19.9 Å². The molecule has 0 radical (unpaired) electrons. The van der Waals surface area contributed by atoms with Crippen LogP contribution < -0.4 is 5.56 Å². The number of aromatic nitrogens is 4. The third-order valence-electron chi connectivity index (χ3n) is 4.46. The van der Waals surface area contributed by atoms with Crippen molar-refractivity contribution in [1.29, 1.82) is 0 Å². The molecule has 0 fully saturated rings. The van der Waals surface area contributed by atoms with E-state index in [4.69, 9.17) is 5.11 Å². The Labute approximate surface area is 148 Å². The second-order valence-electron chi connectivity index (χ2n) is 6.09. The van der Waals surface area contributed by atoms with Gasteiger partial charge in [-0.3, -0.25) is 14.2 Å². The number of fused-ring (bicyclic) bond motifs is 2. The van der Waals surface area contributed by atoms with Crippen molar-refractivity contribution < 1.29 is 9.90 Å². The van der Waals surface area contributed by atoms with E-state index in [1.54, 1.807) is 18.3 Å². The molecule has 7 nitrogen and oxygen atoms in total. The lowest BCUT2D eigenvalue weighted by molar-refractivity contribution is -0.137. The monoisotopic (exact) mass is 348 g/mol. The van der Waals surface area contributed by atoms with Gasteiger partial charge in [0.2, 0.25) is 0 Å². The number of carboxylic acids is 1. The van der Waals surface area contributed by atoms with Gasteiger partial charge < -0.3 is 10.1 Å². The molecule has 0 aliphatic rings. The topological polar surface area (TPSA) is 101 Å². The van der Waals surface area contributed by atoms with Crippen LogP contribution >= 0.6 is 0 Å². The van der Waals surface area contributed by atoms with E-state index < -0.39 is 12.5 Å². The normalized spacial score (nSPS) is 11.3. The van der Waals surface area contributed by atoms with E-state index in [-0.39, 0.29) is 5.56 Å². The SMILES string of the molecule is CCc1c[nH]c2ncc(-c3ccc4ncn(CC(=O)O)c(=O)c4c3)cc12. The summed E-state index contributed by atoms with van der Waals surface area (Å²) >= 11 is 0. The average molecular weight is 348 g/mol. The number of carbonyl (C=O) groups is 1. The van der Waals surface area contributed by atoms with Gasteiger partial charge in [-0.1, -0.05) is 13.0 Å². The zero-order valence-corrected chi connectivity index (χ0v) is 14.1. The van der Waals surface area contributed by atoms with Crippen molar-refractivity contribution >= 4 is 27.9 Å². The first-order valence-corrected chi connectivity index (χ1v) is 8.24. The smallest absolute Gasteiger partial charge is 0.323 e. The van der Waals surface area contributed by atoms with Crippen molar-refractivity contribution in [1.82, 2.24) is 19.5 Å². The number of aliphatic carboxylic acids is 1. The molecule has 1 aromatic carbocycles. The summed E-state index contributed by atoms with van der Waals surface area (Å²) in [5.74, 6) is -1.08. The lowest BCUT2D eigenvalue weighted by Gasteiger charge is -2.06. The van der Waals surface area contributed by atoms with Gasteiger partial charge in [-0.15, -0.1) is 0 Å². The molecule has 0 spiro atoms. The van der Waals surface area contributed by atoms with Crippen molar-refractivity contribution in [2.24, 2.45) is 0 Å². The molecule has 26 heavy (non-hydrogen) atoms. The molecule has 0 saturated carbocycles. The number of nitrogens with zero attached hydrogens (tertiary/aromatic N) is 3. The first kappa shape index (κ1) is 16.0. The summed E-state index contributed by atoms with van der Waals surface area (Å²) in [6.07, 6.45) is 5.87. The Hall–Kier alpha value is -3.48. The quantitative estimate of drug-likeness (QED) is 0.590. The van der Waals surface area contributed by atoms with Crippen molar-refractivity contribution in [3.63, 3.8) is 0 Å². The van der Waals surface area contributed by atoms with Crippen LogP contribution in [0, 0.1) is 0 Å². The second-order valence-corrected chi connectivity index (χ2v) is 6.09. The molecule has 3 aromatic heterocycles. The summed E-state index contributed by atoms with van der Waals surface area (Å²) in [6, 6.07) is 7.44. The molecule has 4 aromatic rings. The van der Waals surface area contributed by atoms with Gasteiger partial charge in [-0.05, 0) is 35.7 Å². The van der Waals surface area contributed by atoms with Crippen LogP contribution in [0.15, 0.2) is 47.8 Å². The molecule has 0 amide bonds. The molecule has 0 atom stereocenters. The number of rotatable bonds is 4. The van der Waals surface area contributed by atoms with E-state index in [9.17, 15) is 9.59 Å². The van der Waals surface area contributed by atoms with Crippen LogP contribution in [0.25, 0.3) is 33.1 Å². The van der Waals surface area contributed by atoms with E-state index in [1.807, 2.05) is 18.3 Å². The van der Waals surface area contributed by atoms with Crippen molar-refractivity contribution in [3.8, 4) is 11.1 Å². The van der Waals surface area contributed by atoms with E-state index in [2.05, 4.69) is 21.9 Å². The van der Waals surface area contributed by atoms with Gasteiger partial charge in [0.05, 0.1) is 17.2 Å². The molecule has 0 aliphatic carbocycles. The number of nitrogens with one attached hydrogen (secondary N) is 1. The van der Waals surface area contributed by atoms with Gasteiger partial charge in [0.25, 0.3) is 5.56 Å². The molecule has 130 valence electrons. The standard InChI is InChI=1S/C19H16N4O3/c1-2-11-7-20-18-14(11)6-13(8-21-18)12-3-4-16-15(5-12)19(26)23(10-22-16)9-17(24)25/h3-8,10H,2,9H2,1H3,(H,20,21)(H,24,25). The minimum absolute atomic E-state index is 0.371. The summed E-state index contributed by atoms with van der Waals surface area (Å²) in [4.78, 5) is 35.2. The predicted molar refractivity (Wildman–Crippen MR) is 98.1 cm³/mol. The number of pyridine rings is 1. The highest BCUT2D eigenvalue weighted by Gasteiger charge is 2.10. The lowest BCUT2D eigenvalue weighted by Crippen LogP contribution is -2.24. The Morgan fingerprint density at radius 2 is 2.00 bits per heavy atom. The molecule has 7 heteroatoms. The first-order valence-electron chi connectivity index (χ1n) is 8.24. The summed E-state index contributed by atoms with van der Waals surface area (Å²) < 4.78 is 1.09. The Kier molecular flexibility index (Phi) is 3.76. The third kappa shape index (κ3) is 2.63. The maximum absolute atomic E-state index is 12.6. The van der Waals surface area contributed by atoms with E-state index in [0.717, 1.165) is 33.1 Å². The number of aryl methyl sites for hydroxylation is 1. The Morgan fingerprint density at radius 3 is 2.77 bits per heavy atom. The van der Waals surface area contributed by atoms with Gasteiger partial charge in [-0.25, -0.2) is 9.97 Å². The van der Waals surface area contributed by atoms with Crippen molar-refractivity contribution in [2.75, 3.05) is 0 Å². The maximum atomic E-state index is 12.6. The van der Waals surface area contributed by atoms with Crippen LogP contribution in [-0.2, 0) is 17.8 Å². The number of H-pyrrole nitrogens is 1. The van der Waals surface area contributed by atoms with Crippen LogP contribution in [0.1, 0.15) is 12.5 Å². The van der Waals surface area contributed by atoms with Crippen LogP contribution in [0.5, 0.6) is 0 Å². The van der Waals surface area contributed by atoms with Crippen LogP contribution in [0.3, 0.4) is 0 Å². The molecule has 4 rings (SSSR count). The van der Waals surface area contributed by atoms with Gasteiger partial charge >= 0.3 is 5.97 Å². The maximum Gasteiger partial charge on any atom is 0.323 e. The zero-order valence-electron chi connectivity index (χ0n) is 14.1. The highest BCUT2D eigenvalue weighted by atomic mass is 16.4. The number of benzene rings is 1. The highest BCUT2D eigenvalue weighted by Crippen LogP contribution is 2.26. The predicted octanol–water partition coefficient (Wildman–Crippen LogP) is 2.59. The van der Waals surface area contributed by atoms with Crippen LogP contribution in [0.4, 0.5) is 0 Å². The number of carboxylic acid groups (broad SMARTS) is 1. The Morgan fingerprint density at radius 1 is 1.19 bits per heavy atom. The molecule has 3 heterocycles. The molecular weight excluding hydrogens is 332 g/mol. The summed E-state index contributed by atoms with van der Waals surface area (Å²) in [5.41, 5.74) is 3.90. The van der Waals surface area contributed by atoms with E-state index >= 15 is 0 Å². The molecule has 0 bridgehead atoms. The fourth-order valence-electron chi connectivity index (χ4n) is 3.11. The fourth-order valence-corrected chi connectivity index (χ4v) is 3.11. The van der Waals surface area contributed by atoms with Crippen LogP contribution in [-0.4, -0.2) is 30.6 Å². The average Bonchev–Trinajstić information content (AvgIpc) is 3.06. The minimum atomic E-state index is -1.08. The number of hydrogen-bond donors (Lipinski definition) is 2. The fraction of sp³-hybridized carbons (Fsp3) is 0.158. The molecule has 0 aliphatic heterocycles. The Bertz CT molecular complexity index is 1210. The van der Waals surface area contributed by atoms with Gasteiger partial charge in [0.15, 0.2) is 0 Å². The van der Waals surface area contributed by atoms with Gasteiger partial charge in [0, 0.05) is 23.3 Å². The summed E-state index contributed by atoms with van der Waals surface area (Å²) in [5, 5.41) is 10.4. The van der Waals surface area contributed by atoms with E-state index in [0.29, 0.717) is 10.9 Å². The van der Waals surface area contributed by atoms with Crippen molar-refractivity contribution in [3.05, 3.63) is 58.9 Å².